The summed E-state index contributed by atoms with van der Waals surface area (Å²) in [6.45, 7) is 2.12. The zero-order chi connectivity index (χ0) is 11.7. The molecule has 1 aromatic rings. The van der Waals surface area contributed by atoms with E-state index in [0.29, 0.717) is 12.0 Å². The second-order valence-corrected chi connectivity index (χ2v) is 5.25. The molecule has 0 radical (unpaired) electrons. The van der Waals surface area contributed by atoms with E-state index in [1.807, 2.05) is 0 Å². The number of hydrogen-bond donors (Lipinski definition) is 1. The van der Waals surface area contributed by atoms with Gasteiger partial charge in [-0.3, -0.25) is 0 Å². The molecule has 2 N–H and O–H groups in total. The summed E-state index contributed by atoms with van der Waals surface area (Å²) < 4.78 is 5.39. The topological polar surface area (TPSA) is 68.2 Å². The number of nitrogens with two attached hydrogens (primary N) is 1. The maximum atomic E-state index is 5.91. The number of anilines is 1. The highest BCUT2D eigenvalue weighted by molar-refractivity contribution is 5.28. The smallest absolute Gasteiger partial charge is 0.266 e. The van der Waals surface area contributed by atoms with E-state index in [4.69, 9.17) is 10.3 Å². The average Bonchev–Trinajstić information content (AvgIpc) is 2.98. The highest BCUT2D eigenvalue weighted by Gasteiger charge is 2.28. The molecule has 0 bridgehead atoms. The third-order valence-electron chi connectivity index (χ3n) is 3.89. The van der Waals surface area contributed by atoms with Crippen molar-refractivity contribution in [1.82, 2.24) is 10.1 Å². The monoisotopic (exact) mass is 236 g/mol. The van der Waals surface area contributed by atoms with Crippen molar-refractivity contribution in [1.29, 1.82) is 0 Å². The second kappa shape index (κ2) is 4.64. The molecule has 2 fully saturated rings. The molecule has 0 unspecified atom stereocenters. The van der Waals surface area contributed by atoms with Crippen LogP contribution in [0.4, 0.5) is 5.95 Å². The molecule has 5 nitrogen and oxygen atoms in total. The van der Waals surface area contributed by atoms with Gasteiger partial charge < -0.3 is 15.2 Å². The SMILES string of the molecule is N[C@H]1CC[C@@H](c2nc(N3CCCCC3)no2)C1. The van der Waals surface area contributed by atoms with E-state index in [1.165, 1.54) is 19.3 Å². The molecule has 2 aliphatic rings. The van der Waals surface area contributed by atoms with E-state index in [2.05, 4.69) is 15.0 Å². The second-order valence-electron chi connectivity index (χ2n) is 5.25. The molecule has 17 heavy (non-hydrogen) atoms. The van der Waals surface area contributed by atoms with Gasteiger partial charge >= 0.3 is 0 Å². The van der Waals surface area contributed by atoms with E-state index in [0.717, 1.165) is 44.2 Å². The first-order valence-electron chi connectivity index (χ1n) is 6.67. The fourth-order valence-electron chi connectivity index (χ4n) is 2.86. The number of aromatic nitrogens is 2. The van der Waals surface area contributed by atoms with E-state index in [1.54, 1.807) is 0 Å². The van der Waals surface area contributed by atoms with Gasteiger partial charge in [-0.2, -0.15) is 4.98 Å². The van der Waals surface area contributed by atoms with Crippen molar-refractivity contribution in [3.63, 3.8) is 0 Å². The van der Waals surface area contributed by atoms with Crippen LogP contribution in [-0.2, 0) is 0 Å². The summed E-state index contributed by atoms with van der Waals surface area (Å²) in [5.41, 5.74) is 5.91. The van der Waals surface area contributed by atoms with E-state index < -0.39 is 0 Å². The number of hydrogen-bond acceptors (Lipinski definition) is 5. The van der Waals surface area contributed by atoms with E-state index in [9.17, 15) is 0 Å². The van der Waals surface area contributed by atoms with Gasteiger partial charge in [-0.15, -0.1) is 0 Å². The number of nitrogens with zero attached hydrogens (tertiary/aromatic N) is 3. The van der Waals surface area contributed by atoms with Gasteiger partial charge in [0.15, 0.2) is 0 Å². The first-order chi connectivity index (χ1) is 8.33. The predicted molar refractivity (Wildman–Crippen MR) is 64.9 cm³/mol. The fourth-order valence-corrected chi connectivity index (χ4v) is 2.86. The van der Waals surface area contributed by atoms with Crippen molar-refractivity contribution in [2.45, 2.75) is 50.5 Å². The first-order valence-corrected chi connectivity index (χ1v) is 6.67. The van der Waals surface area contributed by atoms with Gasteiger partial charge in [-0.05, 0) is 43.7 Å². The van der Waals surface area contributed by atoms with Gasteiger partial charge in [0.25, 0.3) is 5.95 Å². The Bertz CT molecular complexity index is 353. The highest BCUT2D eigenvalue weighted by Crippen LogP contribution is 2.33. The lowest BCUT2D eigenvalue weighted by molar-refractivity contribution is 0.352. The predicted octanol–water partition coefficient (Wildman–Crippen LogP) is 1.65. The molecule has 0 amide bonds. The van der Waals surface area contributed by atoms with Crippen molar-refractivity contribution >= 4 is 5.95 Å². The third-order valence-corrected chi connectivity index (χ3v) is 3.89. The standard InChI is InChI=1S/C12H20N4O/c13-10-5-4-9(8-10)11-14-12(15-17-11)16-6-2-1-3-7-16/h9-10H,1-8,13H2/t9-,10+/m1/s1. The molecule has 2 heterocycles. The summed E-state index contributed by atoms with van der Waals surface area (Å²) in [5.74, 6) is 1.95. The van der Waals surface area contributed by atoms with Gasteiger partial charge in [0, 0.05) is 25.0 Å². The Morgan fingerprint density at radius 3 is 2.71 bits per heavy atom. The quantitative estimate of drug-likeness (QED) is 0.845. The van der Waals surface area contributed by atoms with Crippen molar-refractivity contribution in [2.24, 2.45) is 5.73 Å². The molecule has 2 atom stereocenters. The zero-order valence-corrected chi connectivity index (χ0v) is 10.1. The molecule has 0 spiro atoms. The average molecular weight is 236 g/mol. The lowest BCUT2D eigenvalue weighted by Gasteiger charge is -2.24. The molecular formula is C12H20N4O. The van der Waals surface area contributed by atoms with Crippen molar-refractivity contribution in [3.8, 4) is 0 Å². The Balaban J connectivity index is 1.69. The van der Waals surface area contributed by atoms with Gasteiger partial charge in [-0.1, -0.05) is 0 Å². The highest BCUT2D eigenvalue weighted by atomic mass is 16.5. The van der Waals surface area contributed by atoms with Crippen LogP contribution in [0, 0.1) is 0 Å². The van der Waals surface area contributed by atoms with Crippen LogP contribution >= 0.6 is 0 Å². The maximum absolute atomic E-state index is 5.91. The van der Waals surface area contributed by atoms with Crippen molar-refractivity contribution in [2.75, 3.05) is 18.0 Å². The van der Waals surface area contributed by atoms with E-state index >= 15 is 0 Å². The Hall–Kier alpha value is -1.10. The summed E-state index contributed by atoms with van der Waals surface area (Å²) in [7, 11) is 0. The molecular weight excluding hydrogens is 216 g/mol. The van der Waals surface area contributed by atoms with E-state index in [-0.39, 0.29) is 0 Å². The molecule has 1 aliphatic heterocycles. The van der Waals surface area contributed by atoms with Crippen LogP contribution in [0.2, 0.25) is 0 Å². The Morgan fingerprint density at radius 2 is 2.00 bits per heavy atom. The van der Waals surface area contributed by atoms with Crippen LogP contribution in [0.1, 0.15) is 50.3 Å². The largest absolute Gasteiger partial charge is 0.338 e. The summed E-state index contributed by atoms with van der Waals surface area (Å²) in [4.78, 5) is 6.77. The third kappa shape index (κ3) is 2.29. The number of piperidine rings is 1. The van der Waals surface area contributed by atoms with Crippen LogP contribution in [0.5, 0.6) is 0 Å². The fraction of sp³-hybridized carbons (Fsp3) is 0.833. The Morgan fingerprint density at radius 1 is 1.18 bits per heavy atom. The van der Waals surface area contributed by atoms with Gasteiger partial charge in [0.2, 0.25) is 5.89 Å². The summed E-state index contributed by atoms with van der Waals surface area (Å²) >= 11 is 0. The number of rotatable bonds is 2. The van der Waals surface area contributed by atoms with Crippen LogP contribution in [0.15, 0.2) is 4.52 Å². The summed E-state index contributed by atoms with van der Waals surface area (Å²) in [5, 5.41) is 4.11. The Kier molecular flexibility index (Phi) is 3.01. The lowest BCUT2D eigenvalue weighted by Crippen LogP contribution is -2.30. The van der Waals surface area contributed by atoms with Crippen LogP contribution in [-0.4, -0.2) is 29.3 Å². The van der Waals surface area contributed by atoms with Gasteiger partial charge in [-0.25, -0.2) is 0 Å². The first kappa shape index (κ1) is 11.0. The molecule has 5 heteroatoms. The molecule has 1 aromatic heterocycles. The van der Waals surface area contributed by atoms with Crippen LogP contribution in [0.25, 0.3) is 0 Å². The van der Waals surface area contributed by atoms with Crippen molar-refractivity contribution < 1.29 is 4.52 Å². The molecule has 1 aliphatic carbocycles. The summed E-state index contributed by atoms with van der Waals surface area (Å²) in [6, 6.07) is 0.310. The Labute approximate surface area is 101 Å². The van der Waals surface area contributed by atoms with Gasteiger partial charge in [0.1, 0.15) is 0 Å². The summed E-state index contributed by atoms with van der Waals surface area (Å²) in [6.07, 6.45) is 6.94. The molecule has 3 rings (SSSR count). The molecule has 94 valence electrons. The molecule has 1 saturated carbocycles. The maximum Gasteiger partial charge on any atom is 0.266 e. The van der Waals surface area contributed by atoms with Crippen molar-refractivity contribution in [3.05, 3.63) is 5.89 Å². The minimum Gasteiger partial charge on any atom is -0.338 e. The lowest BCUT2D eigenvalue weighted by atomic mass is 10.1. The van der Waals surface area contributed by atoms with Crippen LogP contribution in [0.3, 0.4) is 0 Å². The minimum absolute atomic E-state index is 0.310. The zero-order valence-electron chi connectivity index (χ0n) is 10.1. The normalized spacial score (nSPS) is 29.8. The molecule has 0 aromatic carbocycles. The van der Waals surface area contributed by atoms with Crippen LogP contribution < -0.4 is 10.6 Å². The molecule has 1 saturated heterocycles. The van der Waals surface area contributed by atoms with Gasteiger partial charge in [0.05, 0.1) is 0 Å². The minimum atomic E-state index is 0.310.